The summed E-state index contributed by atoms with van der Waals surface area (Å²) in [7, 11) is 0. The first-order valence-electron chi connectivity index (χ1n) is 5.03. The molecule has 0 saturated heterocycles. The van der Waals surface area contributed by atoms with Gasteiger partial charge >= 0.3 is 0 Å². The van der Waals surface area contributed by atoms with E-state index in [9.17, 15) is 10.1 Å². The Balaban J connectivity index is 2.07. The monoisotopic (exact) mass is 249 g/mol. The van der Waals surface area contributed by atoms with E-state index in [1.54, 1.807) is 35.9 Å². The number of aryl methyl sites for hydroxylation is 1. The van der Waals surface area contributed by atoms with Crippen molar-refractivity contribution in [1.82, 2.24) is 4.98 Å². The van der Waals surface area contributed by atoms with Crippen molar-refractivity contribution in [2.24, 2.45) is 0 Å². The number of rotatable bonds is 4. The molecular formula is C11H11N3O2S. The molecular weight excluding hydrogens is 238 g/mol. The lowest BCUT2D eigenvalue weighted by molar-refractivity contribution is -0.385. The van der Waals surface area contributed by atoms with Crippen LogP contribution in [0.25, 0.3) is 0 Å². The molecule has 0 spiro atoms. The lowest BCUT2D eigenvalue weighted by Gasteiger charge is -2.05. The second-order valence-electron chi connectivity index (χ2n) is 3.59. The zero-order valence-corrected chi connectivity index (χ0v) is 10.0. The molecule has 1 aromatic carbocycles. The van der Waals surface area contributed by atoms with Gasteiger partial charge in [0.05, 0.1) is 22.7 Å². The van der Waals surface area contributed by atoms with Gasteiger partial charge in [0.2, 0.25) is 0 Å². The first-order chi connectivity index (χ1) is 8.16. The number of hydrogen-bond donors (Lipinski definition) is 1. The highest BCUT2D eigenvalue weighted by Crippen LogP contribution is 2.21. The predicted molar refractivity (Wildman–Crippen MR) is 67.3 cm³/mol. The molecule has 17 heavy (non-hydrogen) atoms. The Labute approximate surface area is 102 Å². The molecule has 2 rings (SSSR count). The maximum Gasteiger partial charge on any atom is 0.272 e. The van der Waals surface area contributed by atoms with Gasteiger partial charge in [0.15, 0.2) is 0 Å². The molecule has 0 fully saturated rings. The van der Waals surface area contributed by atoms with Gasteiger partial charge in [-0.05, 0) is 19.1 Å². The third-order valence-electron chi connectivity index (χ3n) is 2.35. The molecule has 0 saturated carbocycles. The largest absolute Gasteiger partial charge is 0.379 e. The molecule has 2 aromatic rings. The van der Waals surface area contributed by atoms with E-state index in [1.165, 1.54) is 6.07 Å². The van der Waals surface area contributed by atoms with Gasteiger partial charge in [0.25, 0.3) is 5.69 Å². The molecule has 0 aliphatic heterocycles. The van der Waals surface area contributed by atoms with Crippen molar-refractivity contribution in [2.45, 2.75) is 13.5 Å². The van der Waals surface area contributed by atoms with Gasteiger partial charge in [-0.3, -0.25) is 10.1 Å². The van der Waals surface area contributed by atoms with Crippen LogP contribution in [0, 0.1) is 17.0 Å². The Morgan fingerprint density at radius 3 is 2.94 bits per heavy atom. The predicted octanol–water partition coefficient (Wildman–Crippen LogP) is 2.97. The molecule has 0 atom stereocenters. The first-order valence-corrected chi connectivity index (χ1v) is 5.97. The summed E-state index contributed by atoms with van der Waals surface area (Å²) in [5, 5.41) is 15.8. The van der Waals surface area contributed by atoms with E-state index in [0.29, 0.717) is 12.1 Å². The molecule has 1 N–H and O–H groups in total. The van der Waals surface area contributed by atoms with Crippen LogP contribution in [0.15, 0.2) is 29.1 Å². The number of hydrogen-bond acceptors (Lipinski definition) is 5. The summed E-state index contributed by atoms with van der Waals surface area (Å²) in [6.07, 6.45) is 0. The molecule has 0 unspecified atom stereocenters. The normalized spacial score (nSPS) is 10.2. The summed E-state index contributed by atoms with van der Waals surface area (Å²) in [6.45, 7) is 2.35. The average molecular weight is 249 g/mol. The van der Waals surface area contributed by atoms with Gasteiger partial charge in [0.1, 0.15) is 0 Å². The van der Waals surface area contributed by atoms with Crippen LogP contribution in [-0.4, -0.2) is 9.91 Å². The van der Waals surface area contributed by atoms with E-state index in [0.717, 1.165) is 11.4 Å². The standard InChI is InChI=1S/C11H11N3O2S/c1-8-4-9(2-3-11(8)14(15)16)12-5-10-6-17-7-13-10/h2-4,6-7,12H,5H2,1H3. The van der Waals surface area contributed by atoms with Crippen LogP contribution >= 0.6 is 11.3 Å². The van der Waals surface area contributed by atoms with Crippen LogP contribution in [0.5, 0.6) is 0 Å². The Hall–Kier alpha value is -1.95. The summed E-state index contributed by atoms with van der Waals surface area (Å²) in [5.41, 5.74) is 4.40. The third-order valence-corrected chi connectivity index (χ3v) is 2.99. The van der Waals surface area contributed by atoms with E-state index < -0.39 is 0 Å². The average Bonchev–Trinajstić information content (AvgIpc) is 2.78. The maximum atomic E-state index is 10.7. The van der Waals surface area contributed by atoms with Crippen LogP contribution < -0.4 is 5.32 Å². The maximum absolute atomic E-state index is 10.7. The Bertz CT molecular complexity index is 526. The molecule has 0 aliphatic rings. The lowest BCUT2D eigenvalue weighted by Crippen LogP contribution is -2.00. The number of benzene rings is 1. The van der Waals surface area contributed by atoms with Crippen molar-refractivity contribution < 1.29 is 4.92 Å². The molecule has 1 aromatic heterocycles. The quantitative estimate of drug-likeness (QED) is 0.668. The van der Waals surface area contributed by atoms with E-state index in [2.05, 4.69) is 10.3 Å². The molecule has 0 aliphatic carbocycles. The van der Waals surface area contributed by atoms with Gasteiger partial charge in [0, 0.05) is 22.7 Å². The molecule has 5 nitrogen and oxygen atoms in total. The molecule has 0 radical (unpaired) electrons. The van der Waals surface area contributed by atoms with Crippen LogP contribution in [0.2, 0.25) is 0 Å². The number of nitro benzene ring substituents is 1. The smallest absolute Gasteiger partial charge is 0.272 e. The summed E-state index contributed by atoms with van der Waals surface area (Å²) >= 11 is 1.54. The minimum atomic E-state index is -0.375. The van der Waals surface area contributed by atoms with Crippen LogP contribution in [0.4, 0.5) is 11.4 Å². The van der Waals surface area contributed by atoms with Crippen molar-refractivity contribution >= 4 is 22.7 Å². The molecule has 6 heteroatoms. The second-order valence-corrected chi connectivity index (χ2v) is 4.31. The fraction of sp³-hybridized carbons (Fsp3) is 0.182. The SMILES string of the molecule is Cc1cc(NCc2cscn2)ccc1[N+](=O)[O-]. The topological polar surface area (TPSA) is 68.1 Å². The highest BCUT2D eigenvalue weighted by molar-refractivity contribution is 7.07. The highest BCUT2D eigenvalue weighted by Gasteiger charge is 2.09. The van der Waals surface area contributed by atoms with E-state index in [4.69, 9.17) is 0 Å². The van der Waals surface area contributed by atoms with Crippen molar-refractivity contribution in [3.05, 3.63) is 50.5 Å². The first kappa shape index (κ1) is 11.5. The summed E-state index contributed by atoms with van der Waals surface area (Å²) in [4.78, 5) is 14.4. The Morgan fingerprint density at radius 2 is 2.35 bits per heavy atom. The summed E-state index contributed by atoms with van der Waals surface area (Å²) in [6, 6.07) is 4.99. The fourth-order valence-corrected chi connectivity index (χ4v) is 2.05. The van der Waals surface area contributed by atoms with Crippen molar-refractivity contribution in [3.63, 3.8) is 0 Å². The minimum Gasteiger partial charge on any atom is -0.379 e. The zero-order chi connectivity index (χ0) is 12.3. The van der Waals surface area contributed by atoms with Gasteiger partial charge in [-0.1, -0.05) is 0 Å². The Morgan fingerprint density at radius 1 is 1.53 bits per heavy atom. The molecule has 0 amide bonds. The number of nitrogens with zero attached hydrogens (tertiary/aromatic N) is 2. The van der Waals surface area contributed by atoms with E-state index in [1.807, 2.05) is 5.38 Å². The van der Waals surface area contributed by atoms with Crippen LogP contribution in [0.1, 0.15) is 11.3 Å². The minimum absolute atomic E-state index is 0.143. The van der Waals surface area contributed by atoms with Crippen molar-refractivity contribution in [2.75, 3.05) is 5.32 Å². The molecule has 1 heterocycles. The van der Waals surface area contributed by atoms with Gasteiger partial charge in [-0.25, -0.2) is 4.98 Å². The molecule has 0 bridgehead atoms. The van der Waals surface area contributed by atoms with Crippen molar-refractivity contribution in [1.29, 1.82) is 0 Å². The van der Waals surface area contributed by atoms with Gasteiger partial charge < -0.3 is 5.32 Å². The number of anilines is 1. The van der Waals surface area contributed by atoms with Gasteiger partial charge in [-0.15, -0.1) is 11.3 Å². The van der Waals surface area contributed by atoms with Crippen molar-refractivity contribution in [3.8, 4) is 0 Å². The number of nitro groups is 1. The summed E-state index contributed by atoms with van der Waals surface area (Å²) in [5.74, 6) is 0. The van der Waals surface area contributed by atoms with Crippen LogP contribution in [0.3, 0.4) is 0 Å². The third kappa shape index (κ3) is 2.79. The zero-order valence-electron chi connectivity index (χ0n) is 9.21. The second kappa shape index (κ2) is 4.92. The van der Waals surface area contributed by atoms with Crippen LogP contribution in [-0.2, 0) is 6.54 Å². The number of thiazole rings is 1. The molecule has 88 valence electrons. The highest BCUT2D eigenvalue weighted by atomic mass is 32.1. The fourth-order valence-electron chi connectivity index (χ4n) is 1.49. The lowest BCUT2D eigenvalue weighted by atomic mass is 10.2. The van der Waals surface area contributed by atoms with E-state index >= 15 is 0 Å². The van der Waals surface area contributed by atoms with E-state index in [-0.39, 0.29) is 10.6 Å². The number of nitrogens with one attached hydrogen (secondary N) is 1. The Kier molecular flexibility index (Phi) is 3.34. The van der Waals surface area contributed by atoms with Gasteiger partial charge in [-0.2, -0.15) is 0 Å². The number of aromatic nitrogens is 1. The summed E-state index contributed by atoms with van der Waals surface area (Å²) < 4.78 is 0.